The number of carbonyl (C=O) groups excluding carboxylic acids is 1. The van der Waals surface area contributed by atoms with Crippen molar-refractivity contribution >= 4 is 17.7 Å². The van der Waals surface area contributed by atoms with Crippen LogP contribution in [0.2, 0.25) is 0 Å². The molecule has 1 atom stereocenters. The molecule has 5 rings (SSSR count). The van der Waals surface area contributed by atoms with E-state index < -0.39 is 11.9 Å². The van der Waals surface area contributed by atoms with E-state index in [0.717, 1.165) is 55.8 Å². The summed E-state index contributed by atoms with van der Waals surface area (Å²) in [5.41, 5.74) is 1.54. The molecule has 5 heterocycles. The topological polar surface area (TPSA) is 115 Å². The number of rotatable bonds is 5. The molecule has 0 bridgehead atoms. The molecule has 2 fully saturated rings. The van der Waals surface area contributed by atoms with Crippen LogP contribution < -0.4 is 10.6 Å². The van der Waals surface area contributed by atoms with Crippen LogP contribution in [0.25, 0.3) is 5.70 Å². The van der Waals surface area contributed by atoms with E-state index in [1.165, 1.54) is 12.4 Å². The molecule has 0 aromatic carbocycles. The van der Waals surface area contributed by atoms with E-state index in [9.17, 15) is 18.0 Å². The molecule has 1 spiro atoms. The standard InChI is InChI=1S/C22H25F3N6O2.C5H11NO.C2H6/c1-14-15(7-17(26-2)18-10-27-16(13-32)9-28-18)8-21(33-14)3-5-31(6-4-21)20-12-29-19(11-30-20)22(23,24)25;1-6-3-2-5(7)4-6;1-2/h7,9-10,12-13,26,30H,3-6,8,11H2,1-2H3;5,7H,2-4H2,1H3;1-2H3/b17-7-;;. The minimum Gasteiger partial charge on any atom is -0.491 e. The number of hydrogen-bond acceptors (Lipinski definition) is 10. The molecule has 232 valence electrons. The Bertz CT molecular complexity index is 1180. The first kappa shape index (κ1) is 33.1. The average molecular weight is 594 g/mol. The van der Waals surface area contributed by atoms with Gasteiger partial charge in [0.15, 0.2) is 6.29 Å². The van der Waals surface area contributed by atoms with Crippen molar-refractivity contribution in [1.29, 1.82) is 0 Å². The highest BCUT2D eigenvalue weighted by atomic mass is 19.4. The molecule has 1 aromatic heterocycles. The number of aliphatic hydroxyl groups excluding tert-OH is 1. The van der Waals surface area contributed by atoms with Gasteiger partial charge in [0.05, 0.1) is 42.7 Å². The molecule has 1 unspecified atom stereocenters. The minimum absolute atomic E-state index is 0.0509. The number of aldehydes is 1. The number of aliphatic hydroxyl groups is 1. The van der Waals surface area contributed by atoms with Crippen LogP contribution in [0, 0.1) is 0 Å². The monoisotopic (exact) mass is 593 g/mol. The van der Waals surface area contributed by atoms with E-state index in [2.05, 4.69) is 30.5 Å². The zero-order valence-corrected chi connectivity index (χ0v) is 25.0. The third-order valence-electron chi connectivity index (χ3n) is 7.48. The van der Waals surface area contributed by atoms with Crippen molar-refractivity contribution in [3.8, 4) is 0 Å². The lowest BCUT2D eigenvalue weighted by atomic mass is 9.86. The molecule has 10 nitrogen and oxygen atoms in total. The van der Waals surface area contributed by atoms with Gasteiger partial charge >= 0.3 is 6.18 Å². The summed E-state index contributed by atoms with van der Waals surface area (Å²) < 4.78 is 44.6. The molecule has 0 saturated carbocycles. The molecule has 0 aliphatic carbocycles. The molecular formula is C29H42F3N7O3. The van der Waals surface area contributed by atoms with Crippen LogP contribution in [0.5, 0.6) is 0 Å². The Labute approximate surface area is 245 Å². The van der Waals surface area contributed by atoms with Crippen molar-refractivity contribution in [3.05, 3.63) is 53.2 Å². The summed E-state index contributed by atoms with van der Waals surface area (Å²) in [6, 6.07) is 0. The van der Waals surface area contributed by atoms with E-state index in [1.54, 1.807) is 13.2 Å². The second-order valence-electron chi connectivity index (χ2n) is 10.4. The van der Waals surface area contributed by atoms with Crippen molar-refractivity contribution in [2.75, 3.05) is 46.8 Å². The van der Waals surface area contributed by atoms with Gasteiger partial charge in [0.2, 0.25) is 0 Å². The fourth-order valence-corrected chi connectivity index (χ4v) is 5.15. The number of likely N-dealkylation sites (tertiary alicyclic amines) is 2. The van der Waals surface area contributed by atoms with Gasteiger partial charge in [-0.05, 0) is 32.0 Å². The van der Waals surface area contributed by atoms with E-state index in [0.29, 0.717) is 30.9 Å². The van der Waals surface area contributed by atoms with Gasteiger partial charge in [0, 0.05) is 52.5 Å². The molecule has 42 heavy (non-hydrogen) atoms. The number of alkyl halides is 3. The van der Waals surface area contributed by atoms with E-state index in [-0.39, 0.29) is 23.9 Å². The minimum atomic E-state index is -4.42. The van der Waals surface area contributed by atoms with Gasteiger partial charge in [-0.3, -0.25) is 14.8 Å². The highest BCUT2D eigenvalue weighted by molar-refractivity contribution is 5.92. The fraction of sp³-hybridized carbons (Fsp3) is 0.586. The Balaban J connectivity index is 0.000000465. The van der Waals surface area contributed by atoms with Gasteiger partial charge in [0.1, 0.15) is 28.5 Å². The average Bonchev–Trinajstić information content (AvgIpc) is 3.52. The predicted octanol–water partition coefficient (Wildman–Crippen LogP) is 3.49. The Kier molecular flexibility index (Phi) is 11.5. The first-order valence-electron chi connectivity index (χ1n) is 14.3. The third kappa shape index (κ3) is 8.54. The molecular weight excluding hydrogens is 551 g/mol. The van der Waals surface area contributed by atoms with Crippen molar-refractivity contribution in [3.63, 3.8) is 0 Å². The molecule has 3 N–H and O–H groups in total. The normalized spacial score (nSPS) is 22.2. The summed E-state index contributed by atoms with van der Waals surface area (Å²) in [6.07, 6.45) is 5.54. The summed E-state index contributed by atoms with van der Waals surface area (Å²) in [5.74, 6) is 1.44. The fourth-order valence-electron chi connectivity index (χ4n) is 5.15. The number of carbonyl (C=O) groups is 1. The van der Waals surface area contributed by atoms with Crippen molar-refractivity contribution in [2.24, 2.45) is 4.99 Å². The molecule has 0 radical (unpaired) electrons. The second-order valence-corrected chi connectivity index (χ2v) is 10.4. The van der Waals surface area contributed by atoms with Gasteiger partial charge in [0.25, 0.3) is 0 Å². The highest BCUT2D eigenvalue weighted by Crippen LogP contribution is 2.42. The molecule has 1 aromatic rings. The van der Waals surface area contributed by atoms with E-state index in [1.807, 2.05) is 38.8 Å². The maximum absolute atomic E-state index is 12.8. The van der Waals surface area contributed by atoms with Crippen LogP contribution in [-0.2, 0) is 4.74 Å². The molecule has 2 saturated heterocycles. The number of hydrogen-bond donors (Lipinski definition) is 3. The van der Waals surface area contributed by atoms with Gasteiger partial charge in [-0.2, -0.15) is 13.2 Å². The second kappa shape index (κ2) is 14.6. The predicted molar refractivity (Wildman–Crippen MR) is 155 cm³/mol. The van der Waals surface area contributed by atoms with Gasteiger partial charge in [-0.15, -0.1) is 0 Å². The van der Waals surface area contributed by atoms with Crippen LogP contribution in [0.1, 0.15) is 62.6 Å². The number of allylic oxidation sites excluding steroid dienone is 2. The number of β-amino-alcohol motifs (C(OH)–C–C–N with tert-alkyl or cyclic N) is 1. The molecule has 13 heteroatoms. The van der Waals surface area contributed by atoms with Crippen molar-refractivity contribution in [2.45, 2.75) is 64.3 Å². The number of piperidine rings is 1. The number of likely N-dealkylation sites (N-methyl/N-ethyl adjacent to an activating group) is 1. The summed E-state index contributed by atoms with van der Waals surface area (Å²) >= 11 is 0. The maximum Gasteiger partial charge on any atom is 0.431 e. The SMILES string of the molecule is CC.CN/C(=C\C1=C(C)OC2(CCN(C3=CN=C(C(F)(F)F)CN3)CC2)C1)c1cnc(C=O)cn1.CN1CCC(O)C1. The lowest BCUT2D eigenvalue weighted by molar-refractivity contribution is -0.0602. The van der Waals surface area contributed by atoms with Gasteiger partial charge in [-0.25, -0.2) is 4.98 Å². The summed E-state index contributed by atoms with van der Waals surface area (Å²) in [4.78, 5) is 26.9. The number of nitrogens with one attached hydrogen (secondary N) is 2. The summed E-state index contributed by atoms with van der Waals surface area (Å²) in [5, 5.41) is 14.8. The number of ether oxygens (including phenoxy) is 1. The van der Waals surface area contributed by atoms with Crippen LogP contribution >= 0.6 is 0 Å². The largest absolute Gasteiger partial charge is 0.491 e. The zero-order chi connectivity index (χ0) is 30.9. The quantitative estimate of drug-likeness (QED) is 0.442. The van der Waals surface area contributed by atoms with E-state index >= 15 is 0 Å². The summed E-state index contributed by atoms with van der Waals surface area (Å²) in [6.45, 7) is 8.82. The van der Waals surface area contributed by atoms with Gasteiger partial charge in [-0.1, -0.05) is 13.8 Å². The van der Waals surface area contributed by atoms with Crippen LogP contribution in [0.15, 0.2) is 46.8 Å². The number of aliphatic imine (C=N–C) groups is 1. The highest BCUT2D eigenvalue weighted by Gasteiger charge is 2.43. The lowest BCUT2D eigenvalue weighted by Gasteiger charge is -2.41. The Morgan fingerprint density at radius 2 is 1.93 bits per heavy atom. The van der Waals surface area contributed by atoms with Gasteiger partial charge < -0.3 is 30.3 Å². The third-order valence-corrected chi connectivity index (χ3v) is 7.48. The number of aromatic nitrogens is 2. The molecule has 4 aliphatic rings. The number of nitrogens with zero attached hydrogens (tertiary/aromatic N) is 5. The van der Waals surface area contributed by atoms with Crippen LogP contribution in [0.4, 0.5) is 13.2 Å². The Hall–Kier alpha value is -3.45. The Morgan fingerprint density at radius 1 is 1.21 bits per heavy atom. The summed E-state index contributed by atoms with van der Waals surface area (Å²) in [7, 11) is 3.81. The molecule has 4 aliphatic heterocycles. The van der Waals surface area contributed by atoms with Crippen molar-refractivity contribution in [1.82, 2.24) is 30.4 Å². The van der Waals surface area contributed by atoms with E-state index in [4.69, 9.17) is 9.84 Å². The van der Waals surface area contributed by atoms with Crippen LogP contribution in [-0.4, -0.2) is 102 Å². The molecule has 0 amide bonds. The number of halogens is 3. The Morgan fingerprint density at radius 3 is 2.38 bits per heavy atom. The maximum atomic E-state index is 12.8. The van der Waals surface area contributed by atoms with Crippen molar-refractivity contribution < 1.29 is 27.8 Å². The van der Waals surface area contributed by atoms with Crippen LogP contribution in [0.3, 0.4) is 0 Å². The zero-order valence-electron chi connectivity index (χ0n) is 25.0. The smallest absolute Gasteiger partial charge is 0.431 e. The first-order valence-corrected chi connectivity index (χ1v) is 14.3. The first-order chi connectivity index (χ1) is 20.0. The lowest BCUT2D eigenvalue weighted by Crippen LogP contribution is -2.48.